The molecule has 18 heavy (non-hydrogen) atoms. The summed E-state index contributed by atoms with van der Waals surface area (Å²) in [5.74, 6) is 0. The quantitative estimate of drug-likeness (QED) is 0.420. The van der Waals surface area contributed by atoms with Gasteiger partial charge in [-0.3, -0.25) is 0 Å². The van der Waals surface area contributed by atoms with Crippen LogP contribution in [-0.2, 0) is 9.47 Å². The lowest BCUT2D eigenvalue weighted by Gasteiger charge is -2.10. The lowest BCUT2D eigenvalue weighted by atomic mass is 10.5. The van der Waals surface area contributed by atoms with Gasteiger partial charge in [-0.05, 0) is 0 Å². The first-order valence-electron chi connectivity index (χ1n) is 6.98. The normalized spacial score (nSPS) is 24.0. The second-order valence-corrected chi connectivity index (χ2v) is 4.22. The molecule has 0 bridgehead atoms. The third-order valence-corrected chi connectivity index (χ3v) is 2.65. The number of hydrogen-bond acceptors (Lipinski definition) is 6. The van der Waals surface area contributed by atoms with Gasteiger partial charge in [-0.2, -0.15) is 0 Å². The zero-order valence-electron chi connectivity index (χ0n) is 11.3. The SMILES string of the molecule is C1CNCCOCCNCCNCCOCCN1. The van der Waals surface area contributed by atoms with Crippen LogP contribution in [0.15, 0.2) is 0 Å². The highest BCUT2D eigenvalue weighted by molar-refractivity contribution is 4.54. The summed E-state index contributed by atoms with van der Waals surface area (Å²) in [5, 5.41) is 13.3. The van der Waals surface area contributed by atoms with E-state index in [2.05, 4.69) is 21.3 Å². The molecule has 0 amide bonds. The van der Waals surface area contributed by atoms with Gasteiger partial charge in [0, 0.05) is 52.4 Å². The number of nitrogens with one attached hydrogen (secondary N) is 4. The Morgan fingerprint density at radius 3 is 0.944 bits per heavy atom. The second kappa shape index (κ2) is 13.2. The summed E-state index contributed by atoms with van der Waals surface area (Å²) in [6.45, 7) is 10.7. The van der Waals surface area contributed by atoms with Crippen LogP contribution in [0.25, 0.3) is 0 Å². The topological polar surface area (TPSA) is 66.6 Å². The van der Waals surface area contributed by atoms with E-state index in [1.54, 1.807) is 0 Å². The Morgan fingerprint density at radius 2 is 0.667 bits per heavy atom. The smallest absolute Gasteiger partial charge is 0.0591 e. The molecule has 1 fully saturated rings. The first-order chi connectivity index (χ1) is 9.00. The minimum Gasteiger partial charge on any atom is -0.379 e. The lowest BCUT2D eigenvalue weighted by Crippen LogP contribution is -2.34. The molecule has 0 aromatic rings. The fourth-order valence-electron chi connectivity index (χ4n) is 1.64. The van der Waals surface area contributed by atoms with Crippen molar-refractivity contribution in [3.8, 4) is 0 Å². The predicted molar refractivity (Wildman–Crippen MR) is 73.1 cm³/mol. The van der Waals surface area contributed by atoms with Crippen LogP contribution < -0.4 is 21.3 Å². The Hall–Kier alpha value is -0.240. The van der Waals surface area contributed by atoms with Gasteiger partial charge in [0.2, 0.25) is 0 Å². The molecule has 0 unspecified atom stereocenters. The van der Waals surface area contributed by atoms with Crippen molar-refractivity contribution >= 4 is 0 Å². The van der Waals surface area contributed by atoms with Crippen molar-refractivity contribution < 1.29 is 9.47 Å². The highest BCUT2D eigenvalue weighted by atomic mass is 16.5. The maximum Gasteiger partial charge on any atom is 0.0591 e. The predicted octanol–water partition coefficient (Wildman–Crippen LogP) is -1.61. The van der Waals surface area contributed by atoms with Crippen LogP contribution in [0.2, 0.25) is 0 Å². The van der Waals surface area contributed by atoms with E-state index in [1.165, 1.54) is 0 Å². The van der Waals surface area contributed by atoms with E-state index < -0.39 is 0 Å². The summed E-state index contributed by atoms with van der Waals surface area (Å²) in [4.78, 5) is 0. The number of ether oxygens (including phenoxy) is 2. The Morgan fingerprint density at radius 1 is 0.389 bits per heavy atom. The molecule has 6 nitrogen and oxygen atoms in total. The highest BCUT2D eigenvalue weighted by Gasteiger charge is 1.93. The minimum absolute atomic E-state index is 0.781. The molecular weight excluding hydrogens is 232 g/mol. The minimum atomic E-state index is 0.781. The molecule has 0 aromatic carbocycles. The standard InChI is InChI=1S/C12H28N4O2/c1-2-14-6-10-18-12-8-16-4-3-15-7-11-17-9-5-13-1/h13-16H,1-12H2. The molecule has 0 radical (unpaired) electrons. The molecule has 1 rings (SSSR count). The van der Waals surface area contributed by atoms with Crippen LogP contribution in [0.3, 0.4) is 0 Å². The van der Waals surface area contributed by atoms with Gasteiger partial charge in [0.25, 0.3) is 0 Å². The van der Waals surface area contributed by atoms with Gasteiger partial charge in [-0.1, -0.05) is 0 Å². The van der Waals surface area contributed by atoms with E-state index in [4.69, 9.17) is 9.47 Å². The summed E-state index contributed by atoms with van der Waals surface area (Å²) in [6.07, 6.45) is 0. The fraction of sp³-hybridized carbons (Fsp3) is 1.00. The Bertz CT molecular complexity index is 97.1. The molecule has 6 heteroatoms. The van der Waals surface area contributed by atoms with Crippen LogP contribution >= 0.6 is 0 Å². The molecule has 1 saturated heterocycles. The molecule has 0 aliphatic carbocycles. The summed E-state index contributed by atoms with van der Waals surface area (Å²) < 4.78 is 11.0. The molecule has 1 heterocycles. The Balaban J connectivity index is 2.00. The lowest BCUT2D eigenvalue weighted by molar-refractivity contribution is 0.133. The summed E-state index contributed by atoms with van der Waals surface area (Å²) in [5.41, 5.74) is 0. The zero-order valence-corrected chi connectivity index (χ0v) is 11.3. The zero-order chi connectivity index (χ0) is 12.7. The van der Waals surface area contributed by atoms with Crippen molar-refractivity contribution in [1.29, 1.82) is 0 Å². The van der Waals surface area contributed by atoms with Crippen molar-refractivity contribution in [1.82, 2.24) is 21.3 Å². The summed E-state index contributed by atoms with van der Waals surface area (Å²) >= 11 is 0. The molecule has 0 saturated carbocycles. The van der Waals surface area contributed by atoms with Crippen LogP contribution in [0.4, 0.5) is 0 Å². The van der Waals surface area contributed by atoms with Crippen LogP contribution in [0.1, 0.15) is 0 Å². The van der Waals surface area contributed by atoms with Gasteiger partial charge in [0.05, 0.1) is 26.4 Å². The van der Waals surface area contributed by atoms with E-state index in [9.17, 15) is 0 Å². The molecule has 4 N–H and O–H groups in total. The van der Waals surface area contributed by atoms with Crippen LogP contribution in [-0.4, -0.2) is 78.8 Å². The van der Waals surface area contributed by atoms with Gasteiger partial charge in [-0.15, -0.1) is 0 Å². The van der Waals surface area contributed by atoms with E-state index in [1.807, 2.05) is 0 Å². The molecule has 0 atom stereocenters. The average molecular weight is 260 g/mol. The fourth-order valence-corrected chi connectivity index (χ4v) is 1.64. The molecule has 0 spiro atoms. The largest absolute Gasteiger partial charge is 0.379 e. The van der Waals surface area contributed by atoms with Gasteiger partial charge in [-0.25, -0.2) is 0 Å². The first kappa shape index (κ1) is 15.8. The molecule has 108 valence electrons. The third kappa shape index (κ3) is 10.9. The van der Waals surface area contributed by atoms with Crippen molar-refractivity contribution in [2.24, 2.45) is 0 Å². The van der Waals surface area contributed by atoms with Gasteiger partial charge in [0.1, 0.15) is 0 Å². The van der Waals surface area contributed by atoms with E-state index in [0.29, 0.717) is 0 Å². The van der Waals surface area contributed by atoms with E-state index in [-0.39, 0.29) is 0 Å². The molecule has 1 aliphatic rings. The molecule has 0 aromatic heterocycles. The van der Waals surface area contributed by atoms with Crippen LogP contribution in [0, 0.1) is 0 Å². The van der Waals surface area contributed by atoms with Gasteiger partial charge < -0.3 is 30.7 Å². The van der Waals surface area contributed by atoms with Gasteiger partial charge >= 0.3 is 0 Å². The Labute approximate surface area is 110 Å². The van der Waals surface area contributed by atoms with E-state index in [0.717, 1.165) is 78.8 Å². The van der Waals surface area contributed by atoms with Gasteiger partial charge in [0.15, 0.2) is 0 Å². The number of hydrogen-bond donors (Lipinski definition) is 4. The maximum absolute atomic E-state index is 5.49. The molecular formula is C12H28N4O2. The number of rotatable bonds is 0. The molecule has 1 aliphatic heterocycles. The van der Waals surface area contributed by atoms with Crippen molar-refractivity contribution in [2.45, 2.75) is 0 Å². The summed E-state index contributed by atoms with van der Waals surface area (Å²) in [6, 6.07) is 0. The average Bonchev–Trinajstić information content (AvgIpc) is 2.39. The highest BCUT2D eigenvalue weighted by Crippen LogP contribution is 1.75. The van der Waals surface area contributed by atoms with Crippen molar-refractivity contribution in [3.05, 3.63) is 0 Å². The Kier molecular flexibility index (Phi) is 11.6. The van der Waals surface area contributed by atoms with Crippen molar-refractivity contribution in [3.63, 3.8) is 0 Å². The second-order valence-electron chi connectivity index (χ2n) is 4.22. The van der Waals surface area contributed by atoms with Crippen LogP contribution in [0.5, 0.6) is 0 Å². The van der Waals surface area contributed by atoms with Crippen molar-refractivity contribution in [2.75, 3.05) is 78.8 Å². The first-order valence-corrected chi connectivity index (χ1v) is 6.98. The maximum atomic E-state index is 5.49. The third-order valence-electron chi connectivity index (χ3n) is 2.65. The summed E-state index contributed by atoms with van der Waals surface area (Å²) in [7, 11) is 0. The van der Waals surface area contributed by atoms with E-state index >= 15 is 0 Å². The monoisotopic (exact) mass is 260 g/mol.